The number of esters is 1. The van der Waals surface area contributed by atoms with E-state index in [1.165, 1.54) is 7.11 Å². The molecule has 1 atom stereocenters. The maximum atomic E-state index is 12.5. The SMILES string of the molecule is COC(=O)[C@H](CCSC)NC(=O)c1cn(C)c2ccccc12. The third-order valence-corrected chi connectivity index (χ3v) is 4.19. The Morgan fingerprint density at radius 3 is 2.77 bits per heavy atom. The van der Waals surface area contributed by atoms with E-state index < -0.39 is 12.0 Å². The fourth-order valence-corrected chi connectivity index (χ4v) is 2.86. The number of nitrogens with zero attached hydrogens (tertiary/aromatic N) is 1. The highest BCUT2D eigenvalue weighted by Gasteiger charge is 2.23. The van der Waals surface area contributed by atoms with Crippen molar-refractivity contribution in [3.63, 3.8) is 0 Å². The van der Waals surface area contributed by atoms with E-state index >= 15 is 0 Å². The topological polar surface area (TPSA) is 60.3 Å². The molecule has 0 saturated carbocycles. The summed E-state index contributed by atoms with van der Waals surface area (Å²) in [4.78, 5) is 24.3. The Bertz CT molecular complexity index is 681. The highest BCUT2D eigenvalue weighted by atomic mass is 32.2. The number of nitrogens with one attached hydrogen (secondary N) is 1. The minimum absolute atomic E-state index is 0.256. The molecule has 0 aliphatic heterocycles. The van der Waals surface area contributed by atoms with E-state index in [1.807, 2.05) is 42.1 Å². The molecule has 1 aromatic carbocycles. The molecule has 0 fully saturated rings. The van der Waals surface area contributed by atoms with Crippen molar-refractivity contribution < 1.29 is 14.3 Å². The van der Waals surface area contributed by atoms with Crippen molar-refractivity contribution >= 4 is 34.5 Å². The van der Waals surface area contributed by atoms with Crippen LogP contribution in [0.3, 0.4) is 0 Å². The molecule has 0 bridgehead atoms. The summed E-state index contributed by atoms with van der Waals surface area (Å²) < 4.78 is 6.67. The van der Waals surface area contributed by atoms with Gasteiger partial charge in [-0.05, 0) is 24.5 Å². The number of para-hydroxylation sites is 1. The van der Waals surface area contributed by atoms with E-state index in [0.717, 1.165) is 16.7 Å². The van der Waals surface area contributed by atoms with Crippen molar-refractivity contribution in [3.05, 3.63) is 36.0 Å². The molecule has 22 heavy (non-hydrogen) atoms. The fraction of sp³-hybridized carbons (Fsp3) is 0.375. The predicted octanol–water partition coefficient (Wildman–Crippen LogP) is 2.20. The van der Waals surface area contributed by atoms with Gasteiger partial charge in [-0.25, -0.2) is 4.79 Å². The summed E-state index contributed by atoms with van der Waals surface area (Å²) in [5.41, 5.74) is 1.54. The lowest BCUT2D eigenvalue weighted by Gasteiger charge is -2.15. The summed E-state index contributed by atoms with van der Waals surface area (Å²) in [7, 11) is 3.23. The zero-order chi connectivity index (χ0) is 16.1. The number of fused-ring (bicyclic) bond motifs is 1. The molecule has 1 heterocycles. The Morgan fingerprint density at radius 2 is 2.09 bits per heavy atom. The van der Waals surface area contributed by atoms with Gasteiger partial charge in [0.25, 0.3) is 5.91 Å². The van der Waals surface area contributed by atoms with Crippen molar-refractivity contribution in [1.29, 1.82) is 0 Å². The number of benzene rings is 1. The Hall–Kier alpha value is -1.95. The van der Waals surface area contributed by atoms with Crippen LogP contribution in [-0.4, -0.2) is 41.6 Å². The normalized spacial score (nSPS) is 12.1. The Balaban J connectivity index is 2.23. The molecule has 0 aliphatic rings. The number of carbonyl (C=O) groups is 2. The van der Waals surface area contributed by atoms with Crippen LogP contribution in [0.15, 0.2) is 30.5 Å². The van der Waals surface area contributed by atoms with Gasteiger partial charge in [0.1, 0.15) is 6.04 Å². The summed E-state index contributed by atoms with van der Waals surface area (Å²) in [5.74, 6) is 0.103. The first-order valence-corrected chi connectivity index (χ1v) is 8.39. The van der Waals surface area contributed by atoms with Gasteiger partial charge in [0.05, 0.1) is 12.7 Å². The first kappa shape index (κ1) is 16.4. The van der Waals surface area contributed by atoms with Crippen molar-refractivity contribution in [3.8, 4) is 0 Å². The van der Waals surface area contributed by atoms with Crippen LogP contribution in [0.1, 0.15) is 16.8 Å². The van der Waals surface area contributed by atoms with Crippen LogP contribution in [0.2, 0.25) is 0 Å². The molecule has 2 rings (SSSR count). The lowest BCUT2D eigenvalue weighted by molar-refractivity contribution is -0.142. The number of rotatable bonds is 6. The third kappa shape index (κ3) is 3.44. The van der Waals surface area contributed by atoms with Crippen molar-refractivity contribution in [2.45, 2.75) is 12.5 Å². The molecule has 5 nitrogen and oxygen atoms in total. The molecular weight excluding hydrogens is 300 g/mol. The van der Waals surface area contributed by atoms with E-state index in [4.69, 9.17) is 4.74 Å². The van der Waals surface area contributed by atoms with Crippen LogP contribution in [0, 0.1) is 0 Å². The molecule has 1 aromatic heterocycles. The second kappa shape index (κ2) is 7.35. The molecule has 1 N–H and O–H groups in total. The summed E-state index contributed by atoms with van der Waals surface area (Å²) in [5, 5.41) is 3.66. The standard InChI is InChI=1S/C16H20N2O3S/c1-18-10-12(11-6-4-5-7-14(11)18)15(19)17-13(8-9-22-3)16(20)21-2/h4-7,10,13H,8-9H2,1-3H3,(H,17,19)/t13-/m0/s1. The van der Waals surface area contributed by atoms with Crippen LogP contribution in [-0.2, 0) is 16.6 Å². The van der Waals surface area contributed by atoms with Gasteiger partial charge in [-0.2, -0.15) is 11.8 Å². The number of thioether (sulfide) groups is 1. The van der Waals surface area contributed by atoms with Gasteiger partial charge in [0.15, 0.2) is 0 Å². The van der Waals surface area contributed by atoms with Gasteiger partial charge >= 0.3 is 5.97 Å². The van der Waals surface area contributed by atoms with Gasteiger partial charge in [-0.3, -0.25) is 4.79 Å². The van der Waals surface area contributed by atoms with E-state index in [1.54, 1.807) is 18.0 Å². The highest BCUT2D eigenvalue weighted by molar-refractivity contribution is 7.98. The lowest BCUT2D eigenvalue weighted by Crippen LogP contribution is -2.41. The predicted molar refractivity (Wildman–Crippen MR) is 89.2 cm³/mol. The zero-order valence-electron chi connectivity index (χ0n) is 13.0. The molecular formula is C16H20N2O3S. The largest absolute Gasteiger partial charge is 0.467 e. The molecule has 0 saturated heterocycles. The highest BCUT2D eigenvalue weighted by Crippen LogP contribution is 2.20. The minimum Gasteiger partial charge on any atom is -0.467 e. The van der Waals surface area contributed by atoms with E-state index in [0.29, 0.717) is 12.0 Å². The van der Waals surface area contributed by atoms with Gasteiger partial charge in [0.2, 0.25) is 0 Å². The third-order valence-electron chi connectivity index (χ3n) is 3.54. The Kier molecular flexibility index (Phi) is 5.49. The number of hydrogen-bond acceptors (Lipinski definition) is 4. The van der Waals surface area contributed by atoms with Crippen LogP contribution >= 0.6 is 11.8 Å². The van der Waals surface area contributed by atoms with Crippen LogP contribution in [0.25, 0.3) is 10.9 Å². The minimum atomic E-state index is -0.621. The number of aryl methyl sites for hydroxylation is 1. The van der Waals surface area contributed by atoms with Gasteiger partial charge in [-0.15, -0.1) is 0 Å². The van der Waals surface area contributed by atoms with Crippen LogP contribution in [0.5, 0.6) is 0 Å². The quantitative estimate of drug-likeness (QED) is 0.829. The van der Waals surface area contributed by atoms with Crippen molar-refractivity contribution in [1.82, 2.24) is 9.88 Å². The Morgan fingerprint density at radius 1 is 1.36 bits per heavy atom. The van der Waals surface area contributed by atoms with Gasteiger partial charge in [0, 0.05) is 24.1 Å². The van der Waals surface area contributed by atoms with E-state index in [9.17, 15) is 9.59 Å². The van der Waals surface area contributed by atoms with Crippen LogP contribution < -0.4 is 5.32 Å². The van der Waals surface area contributed by atoms with Crippen molar-refractivity contribution in [2.24, 2.45) is 7.05 Å². The van der Waals surface area contributed by atoms with E-state index in [2.05, 4.69) is 5.32 Å². The summed E-state index contributed by atoms with van der Waals surface area (Å²) in [6, 6.07) is 7.06. The fourth-order valence-electron chi connectivity index (χ4n) is 2.39. The zero-order valence-corrected chi connectivity index (χ0v) is 13.8. The second-order valence-corrected chi connectivity index (χ2v) is 5.99. The second-order valence-electron chi connectivity index (χ2n) is 5.00. The summed E-state index contributed by atoms with van der Waals surface area (Å²) in [6.45, 7) is 0. The monoisotopic (exact) mass is 320 g/mol. The maximum absolute atomic E-state index is 12.5. The number of ether oxygens (including phenoxy) is 1. The molecule has 0 aliphatic carbocycles. The molecule has 118 valence electrons. The van der Waals surface area contributed by atoms with Crippen molar-refractivity contribution in [2.75, 3.05) is 19.1 Å². The average molecular weight is 320 g/mol. The summed E-state index contributed by atoms with van der Waals surface area (Å²) in [6.07, 6.45) is 4.29. The molecule has 0 unspecified atom stereocenters. The number of aromatic nitrogens is 1. The maximum Gasteiger partial charge on any atom is 0.328 e. The molecule has 2 aromatic rings. The number of methoxy groups -OCH3 is 1. The molecule has 0 spiro atoms. The molecule has 0 radical (unpaired) electrons. The lowest BCUT2D eigenvalue weighted by atomic mass is 10.1. The Labute approximate surface area is 134 Å². The van der Waals surface area contributed by atoms with E-state index in [-0.39, 0.29) is 5.91 Å². The number of amides is 1. The van der Waals surface area contributed by atoms with Crippen LogP contribution in [0.4, 0.5) is 0 Å². The van der Waals surface area contributed by atoms with Gasteiger partial charge < -0.3 is 14.6 Å². The smallest absolute Gasteiger partial charge is 0.328 e. The number of carbonyl (C=O) groups excluding carboxylic acids is 2. The molecule has 1 amide bonds. The average Bonchev–Trinajstić information content (AvgIpc) is 2.88. The summed E-state index contributed by atoms with van der Waals surface area (Å²) >= 11 is 1.62. The number of hydrogen-bond donors (Lipinski definition) is 1. The first-order chi connectivity index (χ1) is 10.6. The molecule has 6 heteroatoms. The van der Waals surface area contributed by atoms with Gasteiger partial charge in [-0.1, -0.05) is 18.2 Å². The first-order valence-electron chi connectivity index (χ1n) is 7.00.